The number of hydrogen-bond acceptors (Lipinski definition) is 3. The molecule has 0 saturated heterocycles. The molecule has 1 aliphatic carbocycles. The van der Waals surface area contributed by atoms with Crippen LogP contribution in [-0.4, -0.2) is 12.3 Å². The Hall–Kier alpha value is -6.78. The molecule has 1 saturated carbocycles. The predicted molar refractivity (Wildman–Crippen MR) is 282 cm³/mol. The molecular formula is C62H58BN3. The zero-order valence-corrected chi connectivity index (χ0v) is 39.5. The summed E-state index contributed by atoms with van der Waals surface area (Å²) in [6.07, 6.45) is 4.81. The molecule has 3 nitrogen and oxygen atoms in total. The fourth-order valence-electron chi connectivity index (χ4n) is 12.3. The van der Waals surface area contributed by atoms with Crippen LogP contribution in [0.2, 0.25) is 0 Å². The Morgan fingerprint density at radius 2 is 1.11 bits per heavy atom. The lowest BCUT2D eigenvalue weighted by atomic mass is 9.33. The third kappa shape index (κ3) is 6.10. The molecule has 2 unspecified atom stereocenters. The topological polar surface area (TPSA) is 9.72 Å². The van der Waals surface area contributed by atoms with Crippen LogP contribution in [0.5, 0.6) is 0 Å². The van der Waals surface area contributed by atoms with Crippen LogP contribution in [0.15, 0.2) is 176 Å². The lowest BCUT2D eigenvalue weighted by Gasteiger charge is -2.53. The van der Waals surface area contributed by atoms with E-state index in [1.165, 1.54) is 97.3 Å². The first-order chi connectivity index (χ1) is 31.9. The predicted octanol–water partition coefficient (Wildman–Crippen LogP) is 14.8. The summed E-state index contributed by atoms with van der Waals surface area (Å²) in [4.78, 5) is 8.00. The van der Waals surface area contributed by atoms with Crippen molar-refractivity contribution in [3.05, 3.63) is 198 Å². The van der Waals surface area contributed by atoms with Crippen molar-refractivity contribution in [2.24, 2.45) is 0 Å². The first-order valence-electron chi connectivity index (χ1n) is 24.2. The van der Waals surface area contributed by atoms with Gasteiger partial charge in [-0.25, -0.2) is 0 Å². The summed E-state index contributed by atoms with van der Waals surface area (Å²) >= 11 is 0. The minimum atomic E-state index is -0.121. The molecule has 4 aliphatic rings. The van der Waals surface area contributed by atoms with Crippen LogP contribution in [0.4, 0.5) is 45.5 Å². The minimum absolute atomic E-state index is 0.0193. The van der Waals surface area contributed by atoms with Crippen molar-refractivity contribution >= 4 is 68.6 Å². The van der Waals surface area contributed by atoms with E-state index < -0.39 is 0 Å². The zero-order valence-electron chi connectivity index (χ0n) is 39.5. The van der Waals surface area contributed by atoms with Gasteiger partial charge in [0.1, 0.15) is 0 Å². The maximum atomic E-state index is 2.88. The number of hydrogen-bond donors (Lipinski definition) is 0. The van der Waals surface area contributed by atoms with Gasteiger partial charge in [0.05, 0.1) is 11.2 Å². The summed E-state index contributed by atoms with van der Waals surface area (Å²) in [7, 11) is 0. The molecular weight excluding hydrogens is 798 g/mol. The average molecular weight is 856 g/mol. The summed E-state index contributed by atoms with van der Waals surface area (Å²) in [5, 5.41) is 0. The number of aryl methyl sites for hydroxylation is 2. The van der Waals surface area contributed by atoms with Gasteiger partial charge >= 0.3 is 0 Å². The smallest absolute Gasteiger partial charge is 0.252 e. The Labute approximate surface area is 392 Å². The van der Waals surface area contributed by atoms with E-state index in [9.17, 15) is 0 Å². The highest BCUT2D eigenvalue weighted by Crippen LogP contribution is 2.63. The molecule has 0 aromatic heterocycles. The van der Waals surface area contributed by atoms with Crippen molar-refractivity contribution in [1.29, 1.82) is 0 Å². The molecule has 0 radical (unpaired) electrons. The Morgan fingerprint density at radius 1 is 0.515 bits per heavy atom. The summed E-state index contributed by atoms with van der Waals surface area (Å²) in [5.74, 6) is 0. The van der Waals surface area contributed by atoms with Gasteiger partial charge in [0.2, 0.25) is 0 Å². The van der Waals surface area contributed by atoms with Gasteiger partial charge in [-0.1, -0.05) is 173 Å². The molecule has 8 aromatic carbocycles. The quantitative estimate of drug-likeness (QED) is 0.154. The molecule has 66 heavy (non-hydrogen) atoms. The van der Waals surface area contributed by atoms with E-state index >= 15 is 0 Å². The van der Waals surface area contributed by atoms with Crippen molar-refractivity contribution in [3.63, 3.8) is 0 Å². The molecule has 324 valence electrons. The molecule has 12 rings (SSSR count). The van der Waals surface area contributed by atoms with Crippen molar-refractivity contribution < 1.29 is 0 Å². The zero-order chi connectivity index (χ0) is 45.1. The van der Waals surface area contributed by atoms with Crippen LogP contribution in [0, 0.1) is 13.8 Å². The first-order valence-corrected chi connectivity index (χ1v) is 24.2. The molecule has 2 atom stereocenters. The van der Waals surface area contributed by atoms with E-state index in [-0.39, 0.29) is 23.1 Å². The van der Waals surface area contributed by atoms with Crippen LogP contribution in [0.3, 0.4) is 0 Å². The fourth-order valence-corrected chi connectivity index (χ4v) is 12.3. The highest BCUT2D eigenvalue weighted by Gasteiger charge is 2.61. The molecule has 0 N–H and O–H groups in total. The van der Waals surface area contributed by atoms with Gasteiger partial charge in [-0.15, -0.1) is 0 Å². The van der Waals surface area contributed by atoms with Gasteiger partial charge in [0.15, 0.2) is 0 Å². The molecule has 3 heterocycles. The minimum Gasteiger partial charge on any atom is -0.335 e. The standard InChI is InChI=1S/C62H58BN3/c1-41-23-28-48(29-24-41)64(49-30-25-42(2)26-31-49)51-39-56-58-57(40-51)66-59-52(61(6)33-14-15-34-62(61,66)7)37-47(60(3,4)5)38-54(59)63(58)53-32-27-46(44-19-12-9-13-20-44)36-55(53)65(56)50-22-16-21-45(35-50)43-17-10-8-11-18-43/h8-13,16-32,35-40H,14-15,33-34H2,1-7H3. The SMILES string of the molecule is Cc1ccc(N(c2ccc(C)cc2)c2cc3c4c(c2)N2c5c(cc(C(C)(C)C)cc5C5(C)CCCCC25C)B4c2ccc(-c4ccccc4)cc2N3c2cccc(-c3ccccc3)c2)cc1. The van der Waals surface area contributed by atoms with Gasteiger partial charge in [0, 0.05) is 45.2 Å². The largest absolute Gasteiger partial charge is 0.335 e. The maximum absolute atomic E-state index is 2.88. The second-order valence-corrected chi connectivity index (χ2v) is 21.1. The van der Waals surface area contributed by atoms with Gasteiger partial charge in [-0.3, -0.25) is 0 Å². The van der Waals surface area contributed by atoms with E-state index in [1.54, 1.807) is 5.56 Å². The normalized spacial score (nSPS) is 18.9. The van der Waals surface area contributed by atoms with Crippen molar-refractivity contribution in [2.75, 3.05) is 14.7 Å². The highest BCUT2D eigenvalue weighted by molar-refractivity contribution is 7.00. The Morgan fingerprint density at radius 3 is 1.74 bits per heavy atom. The summed E-state index contributed by atoms with van der Waals surface area (Å²) in [6, 6.07) is 66.9. The van der Waals surface area contributed by atoms with Crippen molar-refractivity contribution in [2.45, 2.75) is 90.5 Å². The number of rotatable bonds is 6. The summed E-state index contributed by atoms with van der Waals surface area (Å²) < 4.78 is 0. The van der Waals surface area contributed by atoms with E-state index in [4.69, 9.17) is 0 Å². The molecule has 0 spiro atoms. The number of anilines is 8. The van der Waals surface area contributed by atoms with Crippen LogP contribution < -0.4 is 31.1 Å². The third-order valence-electron chi connectivity index (χ3n) is 16.0. The average Bonchev–Trinajstić information content (AvgIpc) is 3.55. The highest BCUT2D eigenvalue weighted by atomic mass is 15.3. The number of benzene rings is 8. The van der Waals surface area contributed by atoms with Crippen molar-refractivity contribution in [1.82, 2.24) is 0 Å². The lowest BCUT2D eigenvalue weighted by molar-refractivity contribution is 0.195. The fraction of sp³-hybridized carbons (Fsp3) is 0.226. The second kappa shape index (κ2) is 14.9. The van der Waals surface area contributed by atoms with Gasteiger partial charge < -0.3 is 14.7 Å². The third-order valence-corrected chi connectivity index (χ3v) is 16.0. The summed E-state index contributed by atoms with van der Waals surface area (Å²) in [6.45, 7) is 16.8. The Balaban J connectivity index is 1.22. The Bertz CT molecular complexity index is 3140. The number of fused-ring (bicyclic) bond motifs is 7. The van der Waals surface area contributed by atoms with E-state index in [1.807, 2.05) is 0 Å². The monoisotopic (exact) mass is 855 g/mol. The first kappa shape index (κ1) is 40.7. The molecule has 0 amide bonds. The van der Waals surface area contributed by atoms with E-state index in [0.29, 0.717) is 0 Å². The second-order valence-electron chi connectivity index (χ2n) is 21.1. The molecule has 3 aliphatic heterocycles. The van der Waals surface area contributed by atoms with E-state index in [2.05, 4.69) is 239 Å². The van der Waals surface area contributed by atoms with E-state index in [0.717, 1.165) is 29.2 Å². The van der Waals surface area contributed by atoms with Gasteiger partial charge in [-0.05, 0) is 143 Å². The van der Waals surface area contributed by atoms with Crippen molar-refractivity contribution in [3.8, 4) is 22.3 Å². The Kier molecular flexibility index (Phi) is 9.17. The molecule has 0 bridgehead atoms. The van der Waals surface area contributed by atoms with Gasteiger partial charge in [-0.2, -0.15) is 0 Å². The number of nitrogens with zero attached hydrogens (tertiary/aromatic N) is 3. The molecule has 1 fully saturated rings. The van der Waals surface area contributed by atoms with Crippen LogP contribution >= 0.6 is 0 Å². The summed E-state index contributed by atoms with van der Waals surface area (Å²) in [5.41, 5.74) is 24.2. The maximum Gasteiger partial charge on any atom is 0.252 e. The molecule has 8 aromatic rings. The van der Waals surface area contributed by atoms with Crippen LogP contribution in [0.25, 0.3) is 22.3 Å². The molecule has 4 heteroatoms. The van der Waals surface area contributed by atoms with Gasteiger partial charge in [0.25, 0.3) is 6.71 Å². The van der Waals surface area contributed by atoms with Crippen LogP contribution in [-0.2, 0) is 10.8 Å². The lowest BCUT2D eigenvalue weighted by Crippen LogP contribution is -2.64. The van der Waals surface area contributed by atoms with Crippen LogP contribution in [0.1, 0.15) is 82.6 Å².